The standard InChI is InChI=1S/C15H23N3O/c1-3-5-6-7-12(16-4-2)11-8-9-13-14(10-11)18-15(19)17-13/h8-10,12,16H,3-7H2,1-2H3,(H2,17,18,19). The fourth-order valence-corrected chi connectivity index (χ4v) is 2.50. The zero-order valence-corrected chi connectivity index (χ0v) is 11.8. The lowest BCUT2D eigenvalue weighted by Crippen LogP contribution is -2.20. The molecule has 0 spiro atoms. The summed E-state index contributed by atoms with van der Waals surface area (Å²) in [6.45, 7) is 5.31. The molecule has 2 rings (SSSR count). The lowest BCUT2D eigenvalue weighted by molar-refractivity contribution is 0.487. The van der Waals surface area contributed by atoms with E-state index in [-0.39, 0.29) is 5.69 Å². The second kappa shape index (κ2) is 6.57. The molecule has 4 heteroatoms. The van der Waals surface area contributed by atoms with E-state index in [1.165, 1.54) is 24.8 Å². The van der Waals surface area contributed by atoms with Gasteiger partial charge in [0.25, 0.3) is 0 Å². The number of H-pyrrole nitrogens is 2. The number of hydrogen-bond donors (Lipinski definition) is 3. The summed E-state index contributed by atoms with van der Waals surface area (Å²) in [6.07, 6.45) is 4.88. The van der Waals surface area contributed by atoms with Crippen LogP contribution in [0.25, 0.3) is 11.0 Å². The van der Waals surface area contributed by atoms with Crippen molar-refractivity contribution in [1.29, 1.82) is 0 Å². The van der Waals surface area contributed by atoms with Crippen molar-refractivity contribution in [2.75, 3.05) is 6.54 Å². The van der Waals surface area contributed by atoms with Crippen molar-refractivity contribution in [3.05, 3.63) is 34.2 Å². The second-order valence-electron chi connectivity index (χ2n) is 4.99. The van der Waals surface area contributed by atoms with E-state index in [1.54, 1.807) is 0 Å². The van der Waals surface area contributed by atoms with Crippen LogP contribution in [-0.2, 0) is 0 Å². The molecule has 1 heterocycles. The molecule has 0 amide bonds. The number of aromatic nitrogens is 2. The third-order valence-electron chi connectivity index (χ3n) is 3.49. The third kappa shape index (κ3) is 3.47. The van der Waals surface area contributed by atoms with Crippen molar-refractivity contribution >= 4 is 11.0 Å². The van der Waals surface area contributed by atoms with Gasteiger partial charge >= 0.3 is 5.69 Å². The monoisotopic (exact) mass is 261 g/mol. The molecule has 0 aliphatic rings. The highest BCUT2D eigenvalue weighted by Gasteiger charge is 2.11. The molecule has 3 N–H and O–H groups in total. The van der Waals surface area contributed by atoms with Crippen LogP contribution in [0.2, 0.25) is 0 Å². The first-order valence-corrected chi connectivity index (χ1v) is 7.20. The fraction of sp³-hybridized carbons (Fsp3) is 0.533. The first-order valence-electron chi connectivity index (χ1n) is 7.20. The minimum Gasteiger partial charge on any atom is -0.310 e. The molecule has 1 aromatic carbocycles. The molecule has 0 saturated carbocycles. The molecule has 0 aliphatic carbocycles. The number of nitrogens with one attached hydrogen (secondary N) is 3. The molecule has 1 atom stereocenters. The number of aromatic amines is 2. The molecule has 4 nitrogen and oxygen atoms in total. The lowest BCUT2D eigenvalue weighted by Gasteiger charge is -2.18. The first kappa shape index (κ1) is 13.9. The molecular weight excluding hydrogens is 238 g/mol. The Balaban J connectivity index is 2.19. The Morgan fingerprint density at radius 1 is 1.16 bits per heavy atom. The Kier molecular flexibility index (Phi) is 4.80. The summed E-state index contributed by atoms with van der Waals surface area (Å²) in [5.74, 6) is 0. The number of fused-ring (bicyclic) bond motifs is 1. The number of imidazole rings is 1. The summed E-state index contributed by atoms with van der Waals surface area (Å²) >= 11 is 0. The number of unbranched alkanes of at least 4 members (excludes halogenated alkanes) is 2. The van der Waals surface area contributed by atoms with E-state index in [1.807, 2.05) is 6.07 Å². The molecule has 0 bridgehead atoms. The van der Waals surface area contributed by atoms with Crippen LogP contribution in [0.5, 0.6) is 0 Å². The Bertz CT molecular complexity index is 570. The van der Waals surface area contributed by atoms with Crippen LogP contribution in [0, 0.1) is 0 Å². The molecule has 19 heavy (non-hydrogen) atoms. The maximum absolute atomic E-state index is 11.3. The number of hydrogen-bond acceptors (Lipinski definition) is 2. The Labute approximate surface area is 113 Å². The van der Waals surface area contributed by atoms with Crippen molar-refractivity contribution in [3.8, 4) is 0 Å². The minimum absolute atomic E-state index is 0.141. The smallest absolute Gasteiger partial charge is 0.310 e. The summed E-state index contributed by atoms with van der Waals surface area (Å²) in [6, 6.07) is 6.53. The molecule has 1 aromatic heterocycles. The quantitative estimate of drug-likeness (QED) is 0.671. The van der Waals surface area contributed by atoms with E-state index in [0.717, 1.165) is 24.0 Å². The summed E-state index contributed by atoms with van der Waals surface area (Å²) in [4.78, 5) is 16.9. The van der Waals surface area contributed by atoms with Gasteiger partial charge in [0.2, 0.25) is 0 Å². The molecule has 104 valence electrons. The van der Waals surface area contributed by atoms with Crippen molar-refractivity contribution in [1.82, 2.24) is 15.3 Å². The fourth-order valence-electron chi connectivity index (χ4n) is 2.50. The van der Waals surface area contributed by atoms with Crippen molar-refractivity contribution < 1.29 is 0 Å². The summed E-state index contributed by atoms with van der Waals surface area (Å²) in [5.41, 5.74) is 2.87. The maximum Gasteiger partial charge on any atom is 0.323 e. The molecule has 0 saturated heterocycles. The summed E-state index contributed by atoms with van der Waals surface area (Å²) in [5, 5.41) is 3.53. The van der Waals surface area contributed by atoms with Crippen LogP contribution in [0.15, 0.2) is 23.0 Å². The van der Waals surface area contributed by atoms with E-state index in [4.69, 9.17) is 0 Å². The van der Waals surface area contributed by atoms with Gasteiger partial charge in [-0.15, -0.1) is 0 Å². The van der Waals surface area contributed by atoms with Crippen LogP contribution >= 0.6 is 0 Å². The van der Waals surface area contributed by atoms with Crippen molar-refractivity contribution in [2.24, 2.45) is 0 Å². The SMILES string of the molecule is CCCCCC(NCC)c1ccc2[nH]c(=O)[nH]c2c1. The molecule has 1 unspecified atom stereocenters. The van der Waals surface area contributed by atoms with Gasteiger partial charge in [-0.3, -0.25) is 0 Å². The van der Waals surface area contributed by atoms with Gasteiger partial charge in [-0.1, -0.05) is 39.2 Å². The highest BCUT2D eigenvalue weighted by molar-refractivity contribution is 5.75. The maximum atomic E-state index is 11.3. The molecule has 0 radical (unpaired) electrons. The topological polar surface area (TPSA) is 60.7 Å². The first-order chi connectivity index (χ1) is 9.24. The minimum atomic E-state index is -0.141. The highest BCUT2D eigenvalue weighted by atomic mass is 16.1. The van der Waals surface area contributed by atoms with E-state index in [0.29, 0.717) is 6.04 Å². The van der Waals surface area contributed by atoms with E-state index in [9.17, 15) is 4.79 Å². The molecule has 0 aliphatic heterocycles. The van der Waals surface area contributed by atoms with Gasteiger partial charge in [-0.25, -0.2) is 4.79 Å². The van der Waals surface area contributed by atoms with Gasteiger partial charge in [0.1, 0.15) is 0 Å². The zero-order chi connectivity index (χ0) is 13.7. The van der Waals surface area contributed by atoms with Crippen molar-refractivity contribution in [2.45, 2.75) is 45.6 Å². The van der Waals surface area contributed by atoms with Crippen LogP contribution in [0.1, 0.15) is 51.1 Å². The van der Waals surface area contributed by atoms with E-state index >= 15 is 0 Å². The largest absolute Gasteiger partial charge is 0.323 e. The predicted octanol–water partition coefficient (Wildman–Crippen LogP) is 3.09. The number of rotatable bonds is 7. The lowest BCUT2D eigenvalue weighted by atomic mass is 10.00. The normalized spacial score (nSPS) is 12.9. The van der Waals surface area contributed by atoms with Gasteiger partial charge in [-0.05, 0) is 30.7 Å². The van der Waals surface area contributed by atoms with E-state index in [2.05, 4.69) is 41.3 Å². The molecule has 0 fully saturated rings. The summed E-state index contributed by atoms with van der Waals surface area (Å²) in [7, 11) is 0. The summed E-state index contributed by atoms with van der Waals surface area (Å²) < 4.78 is 0. The average molecular weight is 261 g/mol. The zero-order valence-electron chi connectivity index (χ0n) is 11.8. The second-order valence-corrected chi connectivity index (χ2v) is 4.99. The van der Waals surface area contributed by atoms with Crippen LogP contribution < -0.4 is 11.0 Å². The van der Waals surface area contributed by atoms with Gasteiger partial charge in [-0.2, -0.15) is 0 Å². The van der Waals surface area contributed by atoms with Gasteiger partial charge in [0.05, 0.1) is 11.0 Å². The molecular formula is C15H23N3O. The predicted molar refractivity (Wildman–Crippen MR) is 79.5 cm³/mol. The van der Waals surface area contributed by atoms with Crippen LogP contribution in [-0.4, -0.2) is 16.5 Å². The Morgan fingerprint density at radius 3 is 2.68 bits per heavy atom. The Hall–Kier alpha value is -1.55. The van der Waals surface area contributed by atoms with Crippen molar-refractivity contribution in [3.63, 3.8) is 0 Å². The number of benzene rings is 1. The molecule has 2 aromatic rings. The van der Waals surface area contributed by atoms with E-state index < -0.39 is 0 Å². The third-order valence-corrected chi connectivity index (χ3v) is 3.49. The van der Waals surface area contributed by atoms with Gasteiger partial charge < -0.3 is 15.3 Å². The Morgan fingerprint density at radius 2 is 1.95 bits per heavy atom. The van der Waals surface area contributed by atoms with Gasteiger partial charge in [0, 0.05) is 6.04 Å². The van der Waals surface area contributed by atoms with Crippen LogP contribution in [0.4, 0.5) is 0 Å². The van der Waals surface area contributed by atoms with Crippen LogP contribution in [0.3, 0.4) is 0 Å². The average Bonchev–Trinajstić information content (AvgIpc) is 2.77. The highest BCUT2D eigenvalue weighted by Crippen LogP contribution is 2.22. The van der Waals surface area contributed by atoms with Gasteiger partial charge in [0.15, 0.2) is 0 Å².